The Labute approximate surface area is 329 Å². The van der Waals surface area contributed by atoms with Crippen LogP contribution >= 0.6 is 7.82 Å². The molecule has 9 heteroatoms. The highest BCUT2D eigenvalue weighted by atomic mass is 31.2. The van der Waals surface area contributed by atoms with Gasteiger partial charge in [0.25, 0.3) is 0 Å². The van der Waals surface area contributed by atoms with E-state index in [0.29, 0.717) is 13.0 Å². The summed E-state index contributed by atoms with van der Waals surface area (Å²) >= 11 is 0. The van der Waals surface area contributed by atoms with Gasteiger partial charge in [0, 0.05) is 19.6 Å². The van der Waals surface area contributed by atoms with Crippen LogP contribution in [-0.4, -0.2) is 49.9 Å². The van der Waals surface area contributed by atoms with Crippen LogP contribution in [0.4, 0.5) is 0 Å². The predicted octanol–water partition coefficient (Wildman–Crippen LogP) is 13.7. The molecule has 53 heavy (non-hydrogen) atoms. The second kappa shape index (κ2) is 42.6. The molecule has 0 spiro atoms. The number of phosphoric ester groups is 1. The first-order valence-electron chi connectivity index (χ1n) is 23.0. The van der Waals surface area contributed by atoms with Crippen LogP contribution in [-0.2, 0) is 27.9 Å². The van der Waals surface area contributed by atoms with Crippen molar-refractivity contribution in [1.82, 2.24) is 0 Å². The maximum Gasteiger partial charge on any atom is 0.472 e. The van der Waals surface area contributed by atoms with Crippen molar-refractivity contribution in [3.8, 4) is 0 Å². The number of carbonyl (C=O) groups is 1. The van der Waals surface area contributed by atoms with Gasteiger partial charge in [-0.1, -0.05) is 219 Å². The Bertz CT molecular complexity index is 787. The van der Waals surface area contributed by atoms with E-state index in [0.717, 1.165) is 32.1 Å². The van der Waals surface area contributed by atoms with Crippen LogP contribution < -0.4 is 5.73 Å². The maximum absolute atomic E-state index is 12.5. The van der Waals surface area contributed by atoms with Gasteiger partial charge in [0.05, 0.1) is 19.8 Å². The largest absolute Gasteiger partial charge is 0.472 e. The van der Waals surface area contributed by atoms with Crippen LogP contribution in [0.25, 0.3) is 0 Å². The van der Waals surface area contributed by atoms with Gasteiger partial charge in [0.1, 0.15) is 6.10 Å². The lowest BCUT2D eigenvalue weighted by molar-refractivity contribution is -0.154. The molecule has 8 nitrogen and oxygen atoms in total. The number of esters is 1. The summed E-state index contributed by atoms with van der Waals surface area (Å²) in [5.74, 6) is -0.330. The quantitative estimate of drug-likeness (QED) is 0.0357. The summed E-state index contributed by atoms with van der Waals surface area (Å²) in [5, 5.41) is 0. The van der Waals surface area contributed by atoms with E-state index in [2.05, 4.69) is 13.8 Å². The first kappa shape index (κ1) is 52.5. The molecular weight excluding hydrogens is 685 g/mol. The average molecular weight is 776 g/mol. The summed E-state index contributed by atoms with van der Waals surface area (Å²) in [7, 11) is -4.26. The third kappa shape index (κ3) is 42.5. The summed E-state index contributed by atoms with van der Waals surface area (Å²) in [6, 6.07) is 0. The van der Waals surface area contributed by atoms with Crippen LogP contribution in [0.15, 0.2) is 0 Å². The maximum atomic E-state index is 12.5. The summed E-state index contributed by atoms with van der Waals surface area (Å²) in [6.45, 7) is 4.95. The first-order valence-corrected chi connectivity index (χ1v) is 24.5. The average Bonchev–Trinajstić information content (AvgIpc) is 3.15. The Morgan fingerprint density at radius 2 is 0.830 bits per heavy atom. The highest BCUT2D eigenvalue weighted by Crippen LogP contribution is 2.43. The summed E-state index contributed by atoms with van der Waals surface area (Å²) < 4.78 is 33.3. The van der Waals surface area contributed by atoms with Gasteiger partial charge in [0.15, 0.2) is 0 Å². The van der Waals surface area contributed by atoms with Crippen LogP contribution in [0.5, 0.6) is 0 Å². The molecule has 2 atom stereocenters. The van der Waals surface area contributed by atoms with Crippen molar-refractivity contribution in [3.63, 3.8) is 0 Å². The number of ether oxygens (including phenoxy) is 2. The SMILES string of the molecule is CCCCCCCCCCCCCCCCCCCCCCCCCCCCOCC(COP(=O)(O)OCCN)OC(=O)CCCCCCCCCC. The molecule has 0 radical (unpaired) electrons. The van der Waals surface area contributed by atoms with Gasteiger partial charge in [-0.05, 0) is 12.8 Å². The Morgan fingerprint density at radius 1 is 0.491 bits per heavy atom. The highest BCUT2D eigenvalue weighted by Gasteiger charge is 2.25. The van der Waals surface area contributed by atoms with Crippen molar-refractivity contribution in [2.75, 3.05) is 33.0 Å². The number of hydrogen-bond acceptors (Lipinski definition) is 7. The summed E-state index contributed by atoms with van der Waals surface area (Å²) in [5.41, 5.74) is 5.36. The molecule has 0 rings (SSSR count). The monoisotopic (exact) mass is 776 g/mol. The number of carbonyl (C=O) groups excluding carboxylic acids is 1. The number of phosphoric acid groups is 1. The fraction of sp³-hybridized carbons (Fsp3) is 0.977. The number of hydrogen-bond donors (Lipinski definition) is 2. The molecule has 318 valence electrons. The molecule has 0 aliphatic carbocycles. The lowest BCUT2D eigenvalue weighted by atomic mass is 10.0. The van der Waals surface area contributed by atoms with Gasteiger partial charge in [-0.25, -0.2) is 4.57 Å². The molecule has 2 unspecified atom stereocenters. The fourth-order valence-electron chi connectivity index (χ4n) is 6.88. The van der Waals surface area contributed by atoms with Crippen molar-refractivity contribution in [2.24, 2.45) is 5.73 Å². The smallest absolute Gasteiger partial charge is 0.457 e. The van der Waals surface area contributed by atoms with E-state index in [-0.39, 0.29) is 32.3 Å². The zero-order chi connectivity index (χ0) is 38.8. The Kier molecular flexibility index (Phi) is 42.2. The zero-order valence-electron chi connectivity index (χ0n) is 35.3. The van der Waals surface area contributed by atoms with Gasteiger partial charge in [-0.15, -0.1) is 0 Å². The van der Waals surface area contributed by atoms with E-state index < -0.39 is 13.9 Å². The molecule has 3 N–H and O–H groups in total. The highest BCUT2D eigenvalue weighted by molar-refractivity contribution is 7.47. The fourth-order valence-corrected chi connectivity index (χ4v) is 7.65. The van der Waals surface area contributed by atoms with Crippen LogP contribution in [0, 0.1) is 0 Å². The predicted molar refractivity (Wildman–Crippen MR) is 224 cm³/mol. The summed E-state index contributed by atoms with van der Waals surface area (Å²) in [6.07, 6.45) is 44.4. The molecule has 0 aromatic carbocycles. The lowest BCUT2D eigenvalue weighted by Gasteiger charge is -2.20. The van der Waals surface area contributed by atoms with Crippen molar-refractivity contribution in [2.45, 2.75) is 245 Å². The van der Waals surface area contributed by atoms with Crippen molar-refractivity contribution in [1.29, 1.82) is 0 Å². The van der Waals surface area contributed by atoms with Crippen molar-refractivity contribution >= 4 is 13.8 Å². The third-order valence-electron chi connectivity index (χ3n) is 10.3. The van der Waals surface area contributed by atoms with Gasteiger partial charge in [-0.3, -0.25) is 13.8 Å². The second-order valence-corrected chi connectivity index (χ2v) is 17.1. The third-order valence-corrected chi connectivity index (χ3v) is 11.3. The normalized spacial score (nSPS) is 13.4. The van der Waals surface area contributed by atoms with Crippen molar-refractivity contribution in [3.05, 3.63) is 0 Å². The topological polar surface area (TPSA) is 117 Å². The molecule has 0 saturated carbocycles. The molecule has 0 heterocycles. The van der Waals surface area contributed by atoms with Crippen molar-refractivity contribution < 1.29 is 32.8 Å². The molecule has 0 bridgehead atoms. The minimum atomic E-state index is -4.26. The molecule has 0 aliphatic rings. The van der Waals surface area contributed by atoms with E-state index >= 15 is 0 Å². The standard InChI is InChI=1S/C44H90NO7P/c1-3-5-7-9-11-13-14-15-16-17-18-19-20-21-22-23-24-25-26-27-28-29-30-32-34-36-39-49-41-43(42-51-53(47,48)50-40-38-45)52-44(46)37-35-33-31-12-10-8-6-4-2/h43H,3-42,45H2,1-2H3,(H,47,48). The molecule has 0 aliphatic heterocycles. The number of nitrogens with two attached hydrogens (primary N) is 1. The van der Waals surface area contributed by atoms with E-state index in [1.54, 1.807) is 0 Å². The Morgan fingerprint density at radius 3 is 1.19 bits per heavy atom. The minimum Gasteiger partial charge on any atom is -0.457 e. The molecule has 0 aromatic rings. The Balaban J connectivity index is 3.73. The summed E-state index contributed by atoms with van der Waals surface area (Å²) in [4.78, 5) is 22.3. The van der Waals surface area contributed by atoms with Crippen LogP contribution in [0.2, 0.25) is 0 Å². The van der Waals surface area contributed by atoms with E-state index in [9.17, 15) is 14.3 Å². The van der Waals surface area contributed by atoms with Gasteiger partial charge >= 0.3 is 13.8 Å². The zero-order valence-corrected chi connectivity index (χ0v) is 36.2. The second-order valence-electron chi connectivity index (χ2n) is 15.6. The van der Waals surface area contributed by atoms with Gasteiger partial charge in [-0.2, -0.15) is 0 Å². The molecule has 0 fully saturated rings. The first-order chi connectivity index (χ1) is 25.9. The van der Waals surface area contributed by atoms with E-state index in [1.165, 1.54) is 186 Å². The Hall–Kier alpha value is -0.500. The lowest BCUT2D eigenvalue weighted by Crippen LogP contribution is -2.28. The molecular formula is C44H90NO7P. The number of rotatable bonds is 45. The van der Waals surface area contributed by atoms with Crippen LogP contribution in [0.1, 0.15) is 239 Å². The minimum absolute atomic E-state index is 0.0905. The molecule has 0 amide bonds. The van der Waals surface area contributed by atoms with Crippen LogP contribution in [0.3, 0.4) is 0 Å². The van der Waals surface area contributed by atoms with Gasteiger partial charge in [0.2, 0.25) is 0 Å². The molecule has 0 saturated heterocycles. The van der Waals surface area contributed by atoms with Gasteiger partial charge < -0.3 is 20.1 Å². The molecule has 0 aromatic heterocycles. The van der Waals surface area contributed by atoms with E-state index in [1.807, 2.05) is 0 Å². The van der Waals surface area contributed by atoms with E-state index in [4.69, 9.17) is 24.3 Å². The number of unbranched alkanes of at least 4 members (excludes halogenated alkanes) is 32.